The number of ether oxygens (including phenoxy) is 2. The largest absolute Gasteiger partial charge is 0.454 e. The van der Waals surface area contributed by atoms with E-state index >= 15 is 0 Å². The van der Waals surface area contributed by atoms with Crippen LogP contribution < -0.4 is 24.6 Å². The lowest BCUT2D eigenvalue weighted by atomic mass is 10.2. The summed E-state index contributed by atoms with van der Waals surface area (Å²) in [5.74, 6) is 3.38. The number of rotatable bonds is 6. The van der Waals surface area contributed by atoms with Gasteiger partial charge in [-0.15, -0.1) is 10.2 Å². The number of H-pyrrole nitrogens is 1. The molecule has 1 aliphatic rings. The molecule has 0 unspecified atom stereocenters. The van der Waals surface area contributed by atoms with Crippen molar-refractivity contribution < 1.29 is 9.47 Å². The van der Waals surface area contributed by atoms with Crippen LogP contribution in [0.2, 0.25) is 0 Å². The van der Waals surface area contributed by atoms with Crippen molar-refractivity contribution in [3.05, 3.63) is 60.8 Å². The number of aromatic nitrogens is 4. The third kappa shape index (κ3) is 3.76. The maximum absolute atomic E-state index is 5.51. The molecule has 0 bridgehead atoms. The Kier molecular flexibility index (Phi) is 4.98. The second-order valence-corrected chi connectivity index (χ2v) is 7.56. The van der Waals surface area contributed by atoms with Crippen molar-refractivity contribution >= 4 is 28.8 Å². The van der Waals surface area contributed by atoms with Crippen LogP contribution in [0.4, 0.5) is 28.8 Å². The molecule has 2 aromatic heterocycles. The second kappa shape index (κ2) is 8.10. The van der Waals surface area contributed by atoms with Gasteiger partial charge in [0.15, 0.2) is 17.3 Å². The Bertz CT molecular complexity index is 1240. The van der Waals surface area contributed by atoms with Crippen LogP contribution >= 0.6 is 0 Å². The third-order valence-corrected chi connectivity index (χ3v) is 5.24. The molecule has 1 aliphatic heterocycles. The first kappa shape index (κ1) is 19.7. The van der Waals surface area contributed by atoms with E-state index in [0.29, 0.717) is 11.8 Å². The summed E-state index contributed by atoms with van der Waals surface area (Å²) in [5, 5.41) is 11.8. The number of hydrogen-bond donors (Lipinski definition) is 2. The summed E-state index contributed by atoms with van der Waals surface area (Å²) in [6.07, 6.45) is 1.75. The molecule has 3 heterocycles. The van der Waals surface area contributed by atoms with Crippen LogP contribution in [0.5, 0.6) is 11.5 Å². The van der Waals surface area contributed by atoms with E-state index in [4.69, 9.17) is 9.47 Å². The van der Waals surface area contributed by atoms with Gasteiger partial charge in [-0.05, 0) is 48.5 Å². The minimum Gasteiger partial charge on any atom is -0.454 e. The number of aromatic amines is 1. The fourth-order valence-corrected chi connectivity index (χ4v) is 3.48. The average molecular weight is 429 g/mol. The predicted octanol–water partition coefficient (Wildman–Crippen LogP) is 4.17. The number of benzene rings is 2. The fraction of sp³-hybridized carbons (Fsp3) is 0.174. The van der Waals surface area contributed by atoms with Gasteiger partial charge in [0.05, 0.1) is 5.56 Å². The molecule has 2 N–H and O–H groups in total. The molecule has 0 saturated heterocycles. The Hall–Kier alpha value is -4.27. The minimum atomic E-state index is 0.239. The Balaban J connectivity index is 1.40. The van der Waals surface area contributed by atoms with Crippen LogP contribution in [0, 0.1) is 0 Å². The van der Waals surface area contributed by atoms with Gasteiger partial charge in [-0.25, -0.2) is 4.98 Å². The van der Waals surface area contributed by atoms with Crippen LogP contribution in [-0.2, 0) is 0 Å². The van der Waals surface area contributed by atoms with Crippen LogP contribution in [-0.4, -0.2) is 48.1 Å². The molecule has 32 heavy (non-hydrogen) atoms. The zero-order chi connectivity index (χ0) is 22.1. The molecule has 4 aromatic rings. The van der Waals surface area contributed by atoms with Gasteiger partial charge in [0.25, 0.3) is 0 Å². The third-order valence-electron chi connectivity index (χ3n) is 5.24. The van der Waals surface area contributed by atoms with Crippen molar-refractivity contribution in [1.82, 2.24) is 20.2 Å². The van der Waals surface area contributed by atoms with E-state index in [2.05, 4.69) is 30.4 Å². The van der Waals surface area contributed by atoms with Gasteiger partial charge >= 0.3 is 0 Å². The average Bonchev–Trinajstić information content (AvgIpc) is 3.48. The van der Waals surface area contributed by atoms with Crippen LogP contribution in [0.25, 0.3) is 11.4 Å². The maximum atomic E-state index is 5.51. The summed E-state index contributed by atoms with van der Waals surface area (Å²) in [5.41, 5.74) is 3.80. The highest BCUT2D eigenvalue weighted by atomic mass is 16.7. The molecule has 9 nitrogen and oxygen atoms in total. The number of nitrogens with one attached hydrogen (secondary N) is 2. The van der Waals surface area contributed by atoms with E-state index < -0.39 is 0 Å². The predicted molar refractivity (Wildman–Crippen MR) is 124 cm³/mol. The smallest absolute Gasteiger partial charge is 0.231 e. The van der Waals surface area contributed by atoms with E-state index in [1.807, 2.05) is 80.6 Å². The summed E-state index contributed by atoms with van der Waals surface area (Å²) in [4.78, 5) is 11.9. The standard InChI is InChI=1S/C23H23N7O2/c1-29(2)16-8-6-15(7-9-16)25-23-26-21(27-28-23)18-5-4-12-24-22(18)30(3)17-10-11-19-20(13-17)32-14-31-19/h4-13H,14H2,1-3H3,(H2,25,26,27,28). The Morgan fingerprint density at radius 2 is 1.69 bits per heavy atom. The van der Waals surface area contributed by atoms with Crippen molar-refractivity contribution in [3.63, 3.8) is 0 Å². The molecule has 0 spiro atoms. The quantitative estimate of drug-likeness (QED) is 0.472. The highest BCUT2D eigenvalue weighted by molar-refractivity contribution is 5.77. The lowest BCUT2D eigenvalue weighted by Gasteiger charge is -2.20. The molecule has 162 valence electrons. The lowest BCUT2D eigenvalue weighted by Crippen LogP contribution is -2.12. The van der Waals surface area contributed by atoms with E-state index in [9.17, 15) is 0 Å². The molecule has 0 atom stereocenters. The summed E-state index contributed by atoms with van der Waals surface area (Å²) >= 11 is 0. The monoisotopic (exact) mass is 429 g/mol. The summed E-state index contributed by atoms with van der Waals surface area (Å²) in [7, 11) is 5.97. The zero-order valence-corrected chi connectivity index (χ0v) is 18.0. The second-order valence-electron chi connectivity index (χ2n) is 7.56. The van der Waals surface area contributed by atoms with Gasteiger partial charge < -0.3 is 29.6 Å². The SMILES string of the molecule is CN(C)c1ccc(Nc2nnc(-c3cccnc3N(C)c3ccc4c(c3)OCO4)[nH]2)cc1. The number of pyridine rings is 1. The summed E-state index contributed by atoms with van der Waals surface area (Å²) < 4.78 is 10.9. The minimum absolute atomic E-state index is 0.239. The first-order chi connectivity index (χ1) is 15.6. The van der Waals surface area contributed by atoms with Gasteiger partial charge in [-0.2, -0.15) is 0 Å². The number of fused-ring (bicyclic) bond motifs is 1. The summed E-state index contributed by atoms with van der Waals surface area (Å²) in [6, 6.07) is 17.7. The van der Waals surface area contributed by atoms with Crippen molar-refractivity contribution in [3.8, 4) is 22.9 Å². The Labute approximate surface area is 185 Å². The van der Waals surface area contributed by atoms with Crippen molar-refractivity contribution in [2.75, 3.05) is 43.1 Å². The number of hydrogen-bond acceptors (Lipinski definition) is 8. The molecular formula is C23H23N7O2. The van der Waals surface area contributed by atoms with Crippen LogP contribution in [0.3, 0.4) is 0 Å². The van der Waals surface area contributed by atoms with E-state index in [0.717, 1.165) is 39.9 Å². The van der Waals surface area contributed by atoms with Crippen molar-refractivity contribution in [2.24, 2.45) is 0 Å². The molecule has 9 heteroatoms. The summed E-state index contributed by atoms with van der Waals surface area (Å²) in [6.45, 7) is 0.239. The molecule has 0 radical (unpaired) electrons. The zero-order valence-electron chi connectivity index (χ0n) is 18.0. The van der Waals surface area contributed by atoms with Crippen molar-refractivity contribution in [2.45, 2.75) is 0 Å². The molecular weight excluding hydrogens is 406 g/mol. The highest BCUT2D eigenvalue weighted by Gasteiger charge is 2.19. The van der Waals surface area contributed by atoms with Gasteiger partial charge in [-0.3, -0.25) is 0 Å². The Morgan fingerprint density at radius 1 is 0.906 bits per heavy atom. The first-order valence-electron chi connectivity index (χ1n) is 10.1. The Morgan fingerprint density at radius 3 is 2.50 bits per heavy atom. The van der Waals surface area contributed by atoms with E-state index in [1.54, 1.807) is 6.20 Å². The number of nitrogens with zero attached hydrogens (tertiary/aromatic N) is 5. The van der Waals surface area contributed by atoms with Gasteiger partial charge in [-0.1, -0.05) is 0 Å². The maximum Gasteiger partial charge on any atom is 0.231 e. The van der Waals surface area contributed by atoms with E-state index in [1.165, 1.54) is 0 Å². The topological polar surface area (TPSA) is 91.4 Å². The lowest BCUT2D eigenvalue weighted by molar-refractivity contribution is 0.174. The molecule has 0 aliphatic carbocycles. The molecule has 2 aromatic carbocycles. The first-order valence-corrected chi connectivity index (χ1v) is 10.1. The van der Waals surface area contributed by atoms with Gasteiger partial charge in [0.1, 0.15) is 5.82 Å². The van der Waals surface area contributed by atoms with Crippen LogP contribution in [0.15, 0.2) is 60.8 Å². The van der Waals surface area contributed by atoms with Crippen LogP contribution in [0.1, 0.15) is 0 Å². The van der Waals surface area contributed by atoms with Crippen molar-refractivity contribution in [1.29, 1.82) is 0 Å². The van der Waals surface area contributed by atoms with Gasteiger partial charge in [0, 0.05) is 50.5 Å². The van der Waals surface area contributed by atoms with Gasteiger partial charge in [0.2, 0.25) is 12.7 Å². The highest BCUT2D eigenvalue weighted by Crippen LogP contribution is 2.38. The number of anilines is 5. The van der Waals surface area contributed by atoms with E-state index in [-0.39, 0.29) is 6.79 Å². The molecule has 0 saturated carbocycles. The molecule has 5 rings (SSSR count). The molecule has 0 amide bonds. The fourth-order valence-electron chi connectivity index (χ4n) is 3.48. The normalized spacial score (nSPS) is 12.0. The molecule has 0 fully saturated rings.